The van der Waals surface area contributed by atoms with Crippen molar-refractivity contribution in [2.24, 2.45) is 5.92 Å². The van der Waals surface area contributed by atoms with Crippen molar-refractivity contribution in [2.45, 2.75) is 25.7 Å². The molecular formula is C11H14ClN5O2. The van der Waals surface area contributed by atoms with Gasteiger partial charge in [-0.3, -0.25) is 4.57 Å². The summed E-state index contributed by atoms with van der Waals surface area (Å²) in [6, 6.07) is 0. The summed E-state index contributed by atoms with van der Waals surface area (Å²) >= 11 is 5.99. The fourth-order valence-electron chi connectivity index (χ4n) is 2.46. The molecule has 19 heavy (non-hydrogen) atoms. The van der Waals surface area contributed by atoms with Crippen LogP contribution >= 0.6 is 11.6 Å². The average molecular weight is 284 g/mol. The molecule has 1 aliphatic heterocycles. The molecule has 0 aliphatic carbocycles. The number of aliphatic hydroxyl groups is 1. The second kappa shape index (κ2) is 4.59. The Labute approximate surface area is 114 Å². The second-order valence-corrected chi connectivity index (χ2v) is 5.10. The molecule has 0 saturated carbocycles. The van der Waals surface area contributed by atoms with Crippen molar-refractivity contribution in [3.8, 4) is 0 Å². The summed E-state index contributed by atoms with van der Waals surface area (Å²) in [6.07, 6.45) is 2.01. The van der Waals surface area contributed by atoms with Gasteiger partial charge >= 0.3 is 0 Å². The van der Waals surface area contributed by atoms with Crippen molar-refractivity contribution in [2.75, 3.05) is 12.3 Å². The summed E-state index contributed by atoms with van der Waals surface area (Å²) in [5.74, 6) is 0.341. The van der Waals surface area contributed by atoms with Crippen molar-refractivity contribution in [1.29, 1.82) is 0 Å². The fourth-order valence-corrected chi connectivity index (χ4v) is 2.68. The van der Waals surface area contributed by atoms with E-state index in [2.05, 4.69) is 21.9 Å². The first kappa shape index (κ1) is 12.6. The van der Waals surface area contributed by atoms with Gasteiger partial charge in [0.05, 0.1) is 19.0 Å². The van der Waals surface area contributed by atoms with Crippen LogP contribution in [0.5, 0.6) is 0 Å². The Bertz CT molecular complexity index is 616. The monoisotopic (exact) mass is 283 g/mol. The smallest absolute Gasteiger partial charge is 0.223 e. The SMILES string of the molecule is CC1CC(CO)O[C@H]1n1cnc2c(Cl)nc(N)nc21. The van der Waals surface area contributed by atoms with Gasteiger partial charge in [0.1, 0.15) is 11.7 Å². The predicted octanol–water partition coefficient (Wildman–Crippen LogP) is 0.978. The first-order chi connectivity index (χ1) is 9.10. The van der Waals surface area contributed by atoms with E-state index in [-0.39, 0.29) is 36.0 Å². The number of nitrogen functional groups attached to an aromatic ring is 1. The number of anilines is 1. The number of nitrogens with zero attached hydrogens (tertiary/aromatic N) is 4. The molecule has 2 unspecified atom stereocenters. The maximum Gasteiger partial charge on any atom is 0.223 e. The highest BCUT2D eigenvalue weighted by Gasteiger charge is 2.34. The highest BCUT2D eigenvalue weighted by Crippen LogP contribution is 2.36. The van der Waals surface area contributed by atoms with Gasteiger partial charge in [-0.25, -0.2) is 4.98 Å². The van der Waals surface area contributed by atoms with Crippen LogP contribution < -0.4 is 5.73 Å². The molecule has 1 saturated heterocycles. The first-order valence-electron chi connectivity index (χ1n) is 6.02. The summed E-state index contributed by atoms with van der Waals surface area (Å²) in [6.45, 7) is 2.06. The molecule has 0 aromatic carbocycles. The number of ether oxygens (including phenoxy) is 1. The second-order valence-electron chi connectivity index (χ2n) is 4.74. The van der Waals surface area contributed by atoms with E-state index in [0.29, 0.717) is 11.2 Å². The van der Waals surface area contributed by atoms with E-state index in [9.17, 15) is 5.11 Å². The largest absolute Gasteiger partial charge is 0.394 e. The van der Waals surface area contributed by atoms with Gasteiger partial charge in [0.15, 0.2) is 10.8 Å². The number of nitrogens with two attached hydrogens (primary N) is 1. The van der Waals surface area contributed by atoms with E-state index in [1.165, 1.54) is 0 Å². The number of aromatic nitrogens is 4. The molecule has 3 N–H and O–H groups in total. The van der Waals surface area contributed by atoms with Crippen LogP contribution in [0.25, 0.3) is 11.2 Å². The van der Waals surface area contributed by atoms with Gasteiger partial charge in [-0.2, -0.15) is 9.97 Å². The molecule has 0 radical (unpaired) electrons. The van der Waals surface area contributed by atoms with Crippen LogP contribution in [0, 0.1) is 5.92 Å². The van der Waals surface area contributed by atoms with Gasteiger partial charge in [0.25, 0.3) is 0 Å². The maximum atomic E-state index is 9.18. The standard InChI is InChI=1S/C11H14ClN5O2/c1-5-2-6(3-18)19-10(5)17-4-14-7-8(12)15-11(13)16-9(7)17/h4-6,10,18H,2-3H2,1H3,(H2,13,15,16)/t5?,6?,10-/m1/s1. The quantitative estimate of drug-likeness (QED) is 0.797. The van der Waals surface area contributed by atoms with E-state index in [1.807, 2.05) is 0 Å². The lowest BCUT2D eigenvalue weighted by Gasteiger charge is -2.17. The molecule has 3 atom stereocenters. The Hall–Kier alpha value is -1.44. The number of hydrogen-bond acceptors (Lipinski definition) is 6. The molecule has 7 nitrogen and oxygen atoms in total. The van der Waals surface area contributed by atoms with Gasteiger partial charge in [-0.05, 0) is 6.42 Å². The molecule has 8 heteroatoms. The van der Waals surface area contributed by atoms with Crippen molar-refractivity contribution < 1.29 is 9.84 Å². The zero-order chi connectivity index (χ0) is 13.6. The van der Waals surface area contributed by atoms with Gasteiger partial charge < -0.3 is 15.6 Å². The molecule has 0 bridgehead atoms. The summed E-state index contributed by atoms with van der Waals surface area (Å²) in [5, 5.41) is 9.41. The zero-order valence-corrected chi connectivity index (χ0v) is 11.1. The lowest BCUT2D eigenvalue weighted by atomic mass is 10.1. The molecule has 1 aliphatic rings. The van der Waals surface area contributed by atoms with Crippen LogP contribution in [0.15, 0.2) is 6.33 Å². The summed E-state index contributed by atoms with van der Waals surface area (Å²) < 4.78 is 7.57. The number of rotatable bonds is 2. The topological polar surface area (TPSA) is 99.1 Å². The number of hydrogen-bond donors (Lipinski definition) is 2. The minimum Gasteiger partial charge on any atom is -0.394 e. The van der Waals surface area contributed by atoms with E-state index in [4.69, 9.17) is 22.1 Å². The van der Waals surface area contributed by atoms with Crippen molar-refractivity contribution in [3.05, 3.63) is 11.5 Å². The van der Waals surface area contributed by atoms with Crippen molar-refractivity contribution >= 4 is 28.7 Å². The van der Waals surface area contributed by atoms with E-state index in [0.717, 1.165) is 6.42 Å². The molecule has 0 amide bonds. The summed E-state index contributed by atoms with van der Waals surface area (Å²) in [5.41, 5.74) is 6.66. The van der Waals surface area contributed by atoms with E-state index >= 15 is 0 Å². The predicted molar refractivity (Wildman–Crippen MR) is 69.5 cm³/mol. The number of halogens is 1. The van der Waals surface area contributed by atoms with Crippen LogP contribution in [-0.4, -0.2) is 37.3 Å². The maximum absolute atomic E-state index is 9.18. The highest BCUT2D eigenvalue weighted by molar-refractivity contribution is 6.33. The number of imidazole rings is 1. The first-order valence-corrected chi connectivity index (χ1v) is 6.39. The van der Waals surface area contributed by atoms with Gasteiger partial charge in [-0.15, -0.1) is 0 Å². The molecule has 0 spiro atoms. The highest BCUT2D eigenvalue weighted by atomic mass is 35.5. The van der Waals surface area contributed by atoms with Crippen molar-refractivity contribution in [3.63, 3.8) is 0 Å². The van der Waals surface area contributed by atoms with E-state index in [1.54, 1.807) is 10.9 Å². The zero-order valence-electron chi connectivity index (χ0n) is 10.3. The van der Waals surface area contributed by atoms with E-state index < -0.39 is 0 Å². The third kappa shape index (κ3) is 2.03. The van der Waals surface area contributed by atoms with Gasteiger partial charge in [0.2, 0.25) is 5.95 Å². The molecule has 2 aromatic heterocycles. The van der Waals surface area contributed by atoms with Crippen LogP contribution in [0.1, 0.15) is 19.6 Å². The molecule has 1 fully saturated rings. The normalized spacial score (nSPS) is 27.2. The van der Waals surface area contributed by atoms with Gasteiger partial charge in [-0.1, -0.05) is 18.5 Å². The molecular weight excluding hydrogens is 270 g/mol. The molecule has 2 aromatic rings. The Morgan fingerprint density at radius 3 is 3.05 bits per heavy atom. The van der Waals surface area contributed by atoms with Crippen LogP contribution in [0.4, 0.5) is 5.95 Å². The fraction of sp³-hybridized carbons (Fsp3) is 0.545. The summed E-state index contributed by atoms with van der Waals surface area (Å²) in [4.78, 5) is 12.2. The molecule has 3 heterocycles. The minimum absolute atomic E-state index is 0.00531. The van der Waals surface area contributed by atoms with Crippen LogP contribution in [0.3, 0.4) is 0 Å². The van der Waals surface area contributed by atoms with Gasteiger partial charge in [0, 0.05) is 5.92 Å². The van der Waals surface area contributed by atoms with Crippen LogP contribution in [0.2, 0.25) is 5.15 Å². The van der Waals surface area contributed by atoms with Crippen molar-refractivity contribution in [1.82, 2.24) is 19.5 Å². The lowest BCUT2D eigenvalue weighted by molar-refractivity contribution is -0.0294. The minimum atomic E-state index is -0.229. The number of fused-ring (bicyclic) bond motifs is 1. The lowest BCUT2D eigenvalue weighted by Crippen LogP contribution is -2.15. The third-order valence-electron chi connectivity index (χ3n) is 3.33. The Morgan fingerprint density at radius 1 is 1.58 bits per heavy atom. The number of aliphatic hydroxyl groups excluding tert-OH is 1. The summed E-state index contributed by atoms with van der Waals surface area (Å²) in [7, 11) is 0. The Morgan fingerprint density at radius 2 is 2.37 bits per heavy atom. The Kier molecular flexibility index (Phi) is 3.04. The van der Waals surface area contributed by atoms with Crippen LogP contribution in [-0.2, 0) is 4.74 Å². The third-order valence-corrected chi connectivity index (χ3v) is 3.59. The molecule has 102 valence electrons. The molecule has 3 rings (SSSR count). The Balaban J connectivity index is 2.06. The average Bonchev–Trinajstić information content (AvgIpc) is 2.92.